The topological polar surface area (TPSA) is 96.2 Å². The third-order valence-electron chi connectivity index (χ3n) is 7.50. The van der Waals surface area contributed by atoms with E-state index in [9.17, 15) is 20.1 Å². The summed E-state index contributed by atoms with van der Waals surface area (Å²) >= 11 is 1.32. The van der Waals surface area contributed by atoms with Crippen molar-refractivity contribution < 1.29 is 29.6 Å². The predicted molar refractivity (Wildman–Crippen MR) is 91.7 cm³/mol. The maximum Gasteiger partial charge on any atom is 0.315 e. The van der Waals surface area contributed by atoms with Gasteiger partial charge in [0.05, 0.1) is 30.3 Å². The number of hydrogen-bond acceptors (Lipinski definition) is 7. The van der Waals surface area contributed by atoms with Crippen molar-refractivity contribution in [1.29, 1.82) is 0 Å². The van der Waals surface area contributed by atoms with Crippen LogP contribution >= 0.6 is 11.8 Å². The lowest BCUT2D eigenvalue weighted by Gasteiger charge is -2.69. The van der Waals surface area contributed by atoms with E-state index in [4.69, 9.17) is 9.47 Å². The number of thioether (sulfide) groups is 1. The van der Waals surface area contributed by atoms with E-state index in [1.165, 1.54) is 18.9 Å². The van der Waals surface area contributed by atoms with Gasteiger partial charge in [-0.1, -0.05) is 20.8 Å². The van der Waals surface area contributed by atoms with Gasteiger partial charge >= 0.3 is 5.97 Å². The van der Waals surface area contributed by atoms with E-state index in [0.717, 1.165) is 12.8 Å². The second-order valence-electron chi connectivity index (χ2n) is 9.35. The van der Waals surface area contributed by atoms with Gasteiger partial charge in [-0.15, -0.1) is 11.8 Å². The van der Waals surface area contributed by atoms with Crippen molar-refractivity contribution in [3.63, 3.8) is 0 Å². The van der Waals surface area contributed by atoms with E-state index in [0.29, 0.717) is 0 Å². The number of carbonyl (C=O) groups excluding carboxylic acids is 1. The van der Waals surface area contributed by atoms with Crippen molar-refractivity contribution in [2.24, 2.45) is 28.6 Å². The maximum absolute atomic E-state index is 11.7. The van der Waals surface area contributed by atoms with Crippen LogP contribution in [-0.2, 0) is 14.3 Å². The Bertz CT molecular complexity index is 610. The number of fused-ring (bicyclic) bond motifs is 2. The monoisotopic (exact) mass is 372 g/mol. The molecule has 0 amide bonds. The van der Waals surface area contributed by atoms with E-state index in [-0.39, 0.29) is 35.6 Å². The quantitative estimate of drug-likeness (QED) is 0.630. The summed E-state index contributed by atoms with van der Waals surface area (Å²) in [6.45, 7) is 6.54. The Balaban J connectivity index is 1.76. The summed E-state index contributed by atoms with van der Waals surface area (Å²) in [5, 5.41) is 33.1. The van der Waals surface area contributed by atoms with Gasteiger partial charge in [-0.05, 0) is 30.1 Å². The second-order valence-corrected chi connectivity index (χ2v) is 10.7. The summed E-state index contributed by atoms with van der Waals surface area (Å²) < 4.78 is 9.62. The molecule has 142 valence electrons. The van der Waals surface area contributed by atoms with Crippen molar-refractivity contribution in [2.75, 3.05) is 19.5 Å². The fourth-order valence-electron chi connectivity index (χ4n) is 6.58. The fraction of sp³-hybridized carbons (Fsp3) is 0.944. The Hall–Kier alpha value is -0.340. The zero-order valence-corrected chi connectivity index (χ0v) is 16.0. The van der Waals surface area contributed by atoms with E-state index in [2.05, 4.69) is 13.8 Å². The first-order valence-corrected chi connectivity index (χ1v) is 9.95. The molecule has 0 aromatic heterocycles. The molecule has 8 atom stereocenters. The summed E-state index contributed by atoms with van der Waals surface area (Å²) in [5.74, 6) is -2.14. The summed E-state index contributed by atoms with van der Waals surface area (Å²) in [7, 11) is 1.34. The van der Waals surface area contributed by atoms with Crippen molar-refractivity contribution >= 4 is 17.7 Å². The van der Waals surface area contributed by atoms with Gasteiger partial charge in [0.2, 0.25) is 0 Å². The standard InChI is InChI=1S/C18H28O6S/c1-15(2)5-9-10(6-15)16(3)13-17(12(9)20,25-7-11(19)23-4)8-24-18(13,22)14(16)21/h9-10,12-14,20-22H,5-8H2,1-4H3/t9-,10+,12+,13-,14+,16-,17-,18+/m1/s1. The largest absolute Gasteiger partial charge is 0.468 e. The molecule has 0 bridgehead atoms. The van der Waals surface area contributed by atoms with Crippen LogP contribution in [0, 0.1) is 28.6 Å². The Morgan fingerprint density at radius 2 is 1.96 bits per heavy atom. The lowest BCUT2D eigenvalue weighted by molar-refractivity contribution is -0.385. The molecule has 7 heteroatoms. The number of hydrogen-bond donors (Lipinski definition) is 3. The molecule has 0 radical (unpaired) electrons. The molecule has 25 heavy (non-hydrogen) atoms. The van der Waals surface area contributed by atoms with Crippen LogP contribution in [0.2, 0.25) is 0 Å². The Morgan fingerprint density at radius 1 is 1.28 bits per heavy atom. The van der Waals surface area contributed by atoms with Gasteiger partial charge in [0.25, 0.3) is 0 Å². The van der Waals surface area contributed by atoms with E-state index in [1.807, 2.05) is 6.92 Å². The van der Waals surface area contributed by atoms with Crippen LogP contribution in [0.4, 0.5) is 0 Å². The number of esters is 1. The fourth-order valence-corrected chi connectivity index (χ4v) is 8.16. The summed E-state index contributed by atoms with van der Waals surface area (Å²) in [4.78, 5) is 11.7. The summed E-state index contributed by atoms with van der Waals surface area (Å²) in [5.41, 5.74) is -0.438. The SMILES string of the molecule is COC(=O)CS[C@]12CO[C@]3(O)[C@@H](O)[C@](C)([C@H]4CC(C)(C)C[C@H]4[C@@H]1O)[C@@H]32. The molecule has 3 N–H and O–H groups in total. The highest BCUT2D eigenvalue weighted by Crippen LogP contribution is 2.76. The predicted octanol–water partition coefficient (Wildman–Crippen LogP) is 0.774. The Morgan fingerprint density at radius 3 is 2.60 bits per heavy atom. The van der Waals surface area contributed by atoms with E-state index >= 15 is 0 Å². The molecule has 0 aromatic rings. The number of rotatable bonds is 3. The van der Waals surface area contributed by atoms with Crippen LogP contribution in [0.1, 0.15) is 33.6 Å². The molecule has 0 aromatic carbocycles. The van der Waals surface area contributed by atoms with E-state index in [1.54, 1.807) is 0 Å². The van der Waals surface area contributed by atoms with Crippen molar-refractivity contribution in [3.05, 3.63) is 0 Å². The molecular weight excluding hydrogens is 344 g/mol. The number of ether oxygens (including phenoxy) is 2. The van der Waals surface area contributed by atoms with Gasteiger partial charge in [0.15, 0.2) is 5.79 Å². The van der Waals surface area contributed by atoms with Crippen LogP contribution in [-0.4, -0.2) is 63.5 Å². The summed E-state index contributed by atoms with van der Waals surface area (Å²) in [6, 6.07) is 0. The zero-order chi connectivity index (χ0) is 18.4. The minimum Gasteiger partial charge on any atom is -0.468 e. The zero-order valence-electron chi connectivity index (χ0n) is 15.2. The molecular formula is C18H28O6S. The minimum atomic E-state index is -1.63. The second kappa shape index (κ2) is 5.13. The maximum atomic E-state index is 11.7. The highest BCUT2D eigenvalue weighted by atomic mass is 32.2. The molecule has 1 aliphatic heterocycles. The lowest BCUT2D eigenvalue weighted by atomic mass is 9.41. The molecule has 3 aliphatic carbocycles. The smallest absolute Gasteiger partial charge is 0.315 e. The normalized spacial score (nSPS) is 55.2. The average molecular weight is 372 g/mol. The molecule has 1 heterocycles. The van der Waals surface area contributed by atoms with Crippen LogP contribution < -0.4 is 0 Å². The molecule has 4 rings (SSSR count). The van der Waals surface area contributed by atoms with Gasteiger partial charge in [-0.2, -0.15) is 0 Å². The first-order valence-electron chi connectivity index (χ1n) is 8.96. The van der Waals surface area contributed by atoms with Crippen LogP contribution in [0.3, 0.4) is 0 Å². The van der Waals surface area contributed by atoms with Gasteiger partial charge in [-0.25, -0.2) is 0 Å². The van der Waals surface area contributed by atoms with Gasteiger partial charge in [-0.3, -0.25) is 4.79 Å². The highest BCUT2D eigenvalue weighted by Gasteiger charge is 2.85. The molecule has 1 saturated heterocycles. The first kappa shape index (κ1) is 18.0. The number of aliphatic hydroxyl groups is 3. The van der Waals surface area contributed by atoms with Gasteiger partial charge < -0.3 is 24.8 Å². The van der Waals surface area contributed by atoms with Gasteiger partial charge in [0, 0.05) is 11.3 Å². The van der Waals surface area contributed by atoms with Crippen molar-refractivity contribution in [3.8, 4) is 0 Å². The lowest BCUT2D eigenvalue weighted by Crippen LogP contribution is -2.81. The summed E-state index contributed by atoms with van der Waals surface area (Å²) in [6.07, 6.45) is 0.118. The molecule has 6 nitrogen and oxygen atoms in total. The third-order valence-corrected chi connectivity index (χ3v) is 9.02. The molecule has 0 unspecified atom stereocenters. The average Bonchev–Trinajstić information content (AvgIpc) is 3.05. The third kappa shape index (κ3) is 1.99. The highest BCUT2D eigenvalue weighted by molar-refractivity contribution is 8.01. The van der Waals surface area contributed by atoms with Crippen molar-refractivity contribution in [1.82, 2.24) is 0 Å². The van der Waals surface area contributed by atoms with Gasteiger partial charge in [0.1, 0.15) is 6.10 Å². The van der Waals surface area contributed by atoms with Crippen LogP contribution in [0.5, 0.6) is 0 Å². The Labute approximate surface area is 152 Å². The van der Waals surface area contributed by atoms with Crippen molar-refractivity contribution in [2.45, 2.75) is 56.4 Å². The van der Waals surface area contributed by atoms with Crippen LogP contribution in [0.25, 0.3) is 0 Å². The molecule has 0 spiro atoms. The number of methoxy groups -OCH3 is 1. The van der Waals surface area contributed by atoms with Crippen LogP contribution in [0.15, 0.2) is 0 Å². The molecule has 4 aliphatic rings. The first-order chi connectivity index (χ1) is 11.5. The van der Waals surface area contributed by atoms with E-state index < -0.39 is 34.1 Å². The Kier molecular flexibility index (Phi) is 3.70. The minimum absolute atomic E-state index is 0.0299. The number of aliphatic hydroxyl groups excluding tert-OH is 2. The molecule has 4 fully saturated rings. The molecule has 3 saturated carbocycles. The number of carbonyl (C=O) groups is 1.